The molecule has 0 bridgehead atoms. The van der Waals surface area contributed by atoms with Gasteiger partial charge >= 0.3 is 0 Å². The first-order valence-corrected chi connectivity index (χ1v) is 5.50. The quantitative estimate of drug-likeness (QED) is 0.460. The monoisotopic (exact) mass is 168 g/mol. The Balaban J connectivity index is 0.000000168. The largest absolute Gasteiger partial charge is 0.106 e. The van der Waals surface area contributed by atoms with E-state index in [1.165, 1.54) is 64.2 Å². The fourth-order valence-electron chi connectivity index (χ4n) is 1.77. The first-order chi connectivity index (χ1) is 6.00. The second-order valence-electron chi connectivity index (χ2n) is 3.54. The van der Waals surface area contributed by atoms with Crippen LogP contribution in [0.4, 0.5) is 0 Å². The zero-order valence-corrected chi connectivity index (χ0v) is 8.49. The van der Waals surface area contributed by atoms with Crippen molar-refractivity contribution in [1.82, 2.24) is 0 Å². The highest BCUT2D eigenvalue weighted by atomic mass is 14.0. The van der Waals surface area contributed by atoms with Gasteiger partial charge in [-0.15, -0.1) is 13.2 Å². The maximum Gasteiger partial charge on any atom is -0.0533 e. The van der Waals surface area contributed by atoms with E-state index in [0.29, 0.717) is 0 Å². The third-order valence-electron chi connectivity index (χ3n) is 2.50. The van der Waals surface area contributed by atoms with Crippen molar-refractivity contribution >= 4 is 0 Å². The molecule has 2 saturated carbocycles. The lowest BCUT2D eigenvalue weighted by atomic mass is 10.4. The third kappa shape index (κ3) is 7.84. The molecule has 0 heteroatoms. The Morgan fingerprint density at radius 1 is 0.333 bits per heavy atom. The summed E-state index contributed by atoms with van der Waals surface area (Å²) in [6.45, 7) is 6.00. The van der Waals surface area contributed by atoms with Crippen LogP contribution < -0.4 is 0 Å². The first-order valence-electron chi connectivity index (χ1n) is 5.50. The van der Waals surface area contributed by atoms with E-state index >= 15 is 0 Å². The molecule has 0 unspecified atom stereocenters. The van der Waals surface area contributed by atoms with Crippen molar-refractivity contribution in [2.45, 2.75) is 64.2 Å². The minimum atomic E-state index is 1.50. The minimum absolute atomic E-state index is 1.50. The SMILES string of the molecule is C1CCCC1.C1CCCC1.C=C. The smallest absolute Gasteiger partial charge is 0.0533 e. The maximum atomic E-state index is 3.00. The molecule has 2 fully saturated rings. The predicted molar refractivity (Wildman–Crippen MR) is 57.4 cm³/mol. The van der Waals surface area contributed by atoms with Crippen LogP contribution >= 0.6 is 0 Å². The van der Waals surface area contributed by atoms with Crippen LogP contribution in [-0.2, 0) is 0 Å². The van der Waals surface area contributed by atoms with Gasteiger partial charge in [-0.2, -0.15) is 0 Å². The molecule has 0 radical (unpaired) electrons. The zero-order chi connectivity index (χ0) is 9.07. The summed E-state index contributed by atoms with van der Waals surface area (Å²) in [6.07, 6.45) is 15.0. The molecule has 0 heterocycles. The highest BCUT2D eigenvalue weighted by molar-refractivity contribution is 4.51. The Kier molecular flexibility index (Phi) is 10.5. The van der Waals surface area contributed by atoms with Crippen molar-refractivity contribution < 1.29 is 0 Å². The van der Waals surface area contributed by atoms with Gasteiger partial charge in [-0.05, 0) is 0 Å². The molecule has 72 valence electrons. The lowest BCUT2D eigenvalue weighted by Gasteiger charge is -1.67. The third-order valence-corrected chi connectivity index (χ3v) is 2.50. The van der Waals surface area contributed by atoms with Gasteiger partial charge in [0.15, 0.2) is 0 Å². The van der Waals surface area contributed by atoms with Crippen LogP contribution in [0.1, 0.15) is 64.2 Å². The Morgan fingerprint density at radius 3 is 0.500 bits per heavy atom. The molecule has 0 atom stereocenters. The van der Waals surface area contributed by atoms with Gasteiger partial charge in [0.2, 0.25) is 0 Å². The van der Waals surface area contributed by atoms with E-state index in [2.05, 4.69) is 13.2 Å². The van der Waals surface area contributed by atoms with Gasteiger partial charge in [-0.3, -0.25) is 0 Å². The lowest BCUT2D eigenvalue weighted by Crippen LogP contribution is -1.47. The van der Waals surface area contributed by atoms with E-state index in [-0.39, 0.29) is 0 Å². The number of rotatable bonds is 0. The van der Waals surface area contributed by atoms with Gasteiger partial charge in [0.25, 0.3) is 0 Å². The van der Waals surface area contributed by atoms with E-state index in [1.54, 1.807) is 0 Å². The molecule has 2 aliphatic rings. The van der Waals surface area contributed by atoms with E-state index in [9.17, 15) is 0 Å². The average Bonchev–Trinajstić information content (AvgIpc) is 2.87. The molecule has 0 spiro atoms. The number of hydrogen-bond donors (Lipinski definition) is 0. The average molecular weight is 168 g/mol. The summed E-state index contributed by atoms with van der Waals surface area (Å²) in [7, 11) is 0. The zero-order valence-electron chi connectivity index (χ0n) is 8.49. The van der Waals surface area contributed by atoms with E-state index in [1.807, 2.05) is 0 Å². The molecular formula is C12H24. The summed E-state index contributed by atoms with van der Waals surface area (Å²) in [5.74, 6) is 0. The van der Waals surface area contributed by atoms with Crippen LogP contribution in [0.25, 0.3) is 0 Å². The van der Waals surface area contributed by atoms with Gasteiger partial charge < -0.3 is 0 Å². The highest BCUT2D eigenvalue weighted by Crippen LogP contribution is 2.15. The highest BCUT2D eigenvalue weighted by Gasteiger charge is 1.95. The Hall–Kier alpha value is -0.260. The van der Waals surface area contributed by atoms with Crippen LogP contribution in [0, 0.1) is 0 Å². The summed E-state index contributed by atoms with van der Waals surface area (Å²) in [6, 6.07) is 0. The number of hydrogen-bond acceptors (Lipinski definition) is 0. The lowest BCUT2D eigenvalue weighted by molar-refractivity contribution is 0.886. The summed E-state index contributed by atoms with van der Waals surface area (Å²) < 4.78 is 0. The second-order valence-corrected chi connectivity index (χ2v) is 3.54. The van der Waals surface area contributed by atoms with Crippen molar-refractivity contribution in [1.29, 1.82) is 0 Å². The minimum Gasteiger partial charge on any atom is -0.106 e. The van der Waals surface area contributed by atoms with Crippen LogP contribution in [-0.4, -0.2) is 0 Å². The molecule has 0 N–H and O–H groups in total. The maximum absolute atomic E-state index is 3.00. The Labute approximate surface area is 78.1 Å². The van der Waals surface area contributed by atoms with E-state index in [4.69, 9.17) is 0 Å². The molecule has 0 aliphatic heterocycles. The molecule has 12 heavy (non-hydrogen) atoms. The van der Waals surface area contributed by atoms with Crippen molar-refractivity contribution in [3.8, 4) is 0 Å². The molecule has 0 aromatic rings. The molecule has 0 saturated heterocycles. The second kappa shape index (κ2) is 10.7. The van der Waals surface area contributed by atoms with E-state index < -0.39 is 0 Å². The molecule has 0 amide bonds. The summed E-state index contributed by atoms with van der Waals surface area (Å²) in [5, 5.41) is 0. The first kappa shape index (κ1) is 11.7. The van der Waals surface area contributed by atoms with Crippen molar-refractivity contribution in [3.63, 3.8) is 0 Å². The van der Waals surface area contributed by atoms with Gasteiger partial charge in [0, 0.05) is 0 Å². The van der Waals surface area contributed by atoms with Gasteiger partial charge in [-0.25, -0.2) is 0 Å². The molecule has 0 aromatic heterocycles. The summed E-state index contributed by atoms with van der Waals surface area (Å²) in [4.78, 5) is 0. The van der Waals surface area contributed by atoms with Crippen molar-refractivity contribution in [3.05, 3.63) is 13.2 Å². The van der Waals surface area contributed by atoms with Crippen LogP contribution in [0.2, 0.25) is 0 Å². The normalized spacial score (nSPS) is 20.3. The fraction of sp³-hybridized carbons (Fsp3) is 0.833. The molecular weight excluding hydrogens is 144 g/mol. The molecule has 2 rings (SSSR count). The molecule has 0 aromatic carbocycles. The standard InChI is InChI=1S/2C5H10.C2H4/c2*1-2-4-5-3-1;1-2/h2*1-5H2;1-2H2. The summed E-state index contributed by atoms with van der Waals surface area (Å²) >= 11 is 0. The Bertz CT molecular complexity index is 42.9. The topological polar surface area (TPSA) is 0 Å². The van der Waals surface area contributed by atoms with Gasteiger partial charge in [0.1, 0.15) is 0 Å². The van der Waals surface area contributed by atoms with Crippen molar-refractivity contribution in [2.75, 3.05) is 0 Å². The van der Waals surface area contributed by atoms with Gasteiger partial charge in [-0.1, -0.05) is 64.2 Å². The Morgan fingerprint density at radius 2 is 0.417 bits per heavy atom. The van der Waals surface area contributed by atoms with Crippen LogP contribution in [0.3, 0.4) is 0 Å². The van der Waals surface area contributed by atoms with Crippen molar-refractivity contribution in [2.24, 2.45) is 0 Å². The molecule has 2 aliphatic carbocycles. The van der Waals surface area contributed by atoms with Crippen LogP contribution in [0.5, 0.6) is 0 Å². The van der Waals surface area contributed by atoms with Gasteiger partial charge in [0.05, 0.1) is 0 Å². The fourth-order valence-corrected chi connectivity index (χ4v) is 1.77. The molecule has 0 nitrogen and oxygen atoms in total. The summed E-state index contributed by atoms with van der Waals surface area (Å²) in [5.41, 5.74) is 0. The van der Waals surface area contributed by atoms with E-state index in [0.717, 1.165) is 0 Å². The van der Waals surface area contributed by atoms with Crippen LogP contribution in [0.15, 0.2) is 13.2 Å². The predicted octanol–water partition coefficient (Wildman–Crippen LogP) is 4.70.